The summed E-state index contributed by atoms with van der Waals surface area (Å²) in [7, 11) is 1.53. The molecule has 6 atom stereocenters. The van der Waals surface area contributed by atoms with Gasteiger partial charge >= 0.3 is 0 Å². The molecule has 8 nitrogen and oxygen atoms in total. The molecule has 0 amide bonds. The third-order valence-corrected chi connectivity index (χ3v) is 6.58. The van der Waals surface area contributed by atoms with E-state index < -0.39 is 36.1 Å². The van der Waals surface area contributed by atoms with Crippen LogP contribution in [0.2, 0.25) is 5.02 Å². The van der Waals surface area contributed by atoms with Gasteiger partial charge in [-0.3, -0.25) is 0 Å². The first-order valence-electron chi connectivity index (χ1n) is 9.55. The molecule has 2 aromatic carbocycles. The van der Waals surface area contributed by atoms with Crippen molar-refractivity contribution in [2.75, 3.05) is 13.7 Å². The maximum Gasteiger partial charge on any atom is 0.184 e. The first-order valence-corrected chi connectivity index (χ1v) is 10.8. The minimum absolute atomic E-state index is 0.260. The third-order valence-electron chi connectivity index (χ3n) is 5.15. The molecule has 2 saturated heterocycles. The molecule has 2 aliphatic rings. The number of nitriles is 1. The van der Waals surface area contributed by atoms with Crippen LogP contribution in [0.1, 0.15) is 17.4 Å². The second-order valence-electron chi connectivity index (χ2n) is 6.99. The van der Waals surface area contributed by atoms with Crippen molar-refractivity contribution in [3.8, 4) is 6.07 Å². The number of nitrogens with zero attached hydrogens (tertiary/aromatic N) is 4. The second-order valence-corrected chi connectivity index (χ2v) is 8.56. The van der Waals surface area contributed by atoms with Gasteiger partial charge in [-0.2, -0.15) is 5.26 Å². The number of benzene rings is 2. The van der Waals surface area contributed by atoms with Crippen molar-refractivity contribution in [2.45, 2.75) is 41.0 Å². The van der Waals surface area contributed by atoms with Crippen LogP contribution in [0.4, 0.5) is 0 Å². The summed E-state index contributed by atoms with van der Waals surface area (Å²) in [4.78, 5) is 3.67. The van der Waals surface area contributed by atoms with Gasteiger partial charge in [-0.15, -0.1) is 0 Å². The van der Waals surface area contributed by atoms with Crippen molar-refractivity contribution < 1.29 is 18.9 Å². The molecule has 10 heteroatoms. The van der Waals surface area contributed by atoms with Crippen molar-refractivity contribution in [3.63, 3.8) is 0 Å². The maximum absolute atomic E-state index is 9.44. The zero-order valence-corrected chi connectivity index (χ0v) is 18.1. The van der Waals surface area contributed by atoms with Crippen molar-refractivity contribution in [3.05, 3.63) is 75.1 Å². The average Bonchev–Trinajstić information content (AvgIpc) is 2.80. The summed E-state index contributed by atoms with van der Waals surface area (Å²) in [5.74, 6) is 0. The number of hydrogen-bond donors (Lipinski definition) is 0. The second kappa shape index (κ2) is 9.90. The zero-order chi connectivity index (χ0) is 21.8. The van der Waals surface area contributed by atoms with Crippen LogP contribution in [0.25, 0.3) is 10.4 Å². The molecular formula is C21H19ClN4O4S. The summed E-state index contributed by atoms with van der Waals surface area (Å²) >= 11 is 7.42. The summed E-state index contributed by atoms with van der Waals surface area (Å²) in [6, 6.07) is 16.1. The van der Waals surface area contributed by atoms with Crippen LogP contribution >= 0.6 is 23.4 Å². The molecule has 2 aromatic rings. The van der Waals surface area contributed by atoms with Crippen LogP contribution in [-0.2, 0) is 18.9 Å². The largest absolute Gasteiger partial charge is 0.377 e. The Bertz CT molecular complexity index is 1010. The molecule has 0 radical (unpaired) electrons. The van der Waals surface area contributed by atoms with E-state index in [1.165, 1.54) is 18.9 Å². The molecule has 2 aliphatic heterocycles. The number of methoxy groups -OCH3 is 1. The van der Waals surface area contributed by atoms with Crippen LogP contribution in [0, 0.1) is 11.3 Å². The lowest BCUT2D eigenvalue weighted by molar-refractivity contribution is -0.298. The number of azide groups is 1. The molecule has 4 unspecified atom stereocenters. The molecule has 160 valence electrons. The Morgan fingerprint density at radius 2 is 2.06 bits per heavy atom. The maximum atomic E-state index is 9.44. The van der Waals surface area contributed by atoms with Crippen LogP contribution in [-0.4, -0.2) is 43.5 Å². The number of fused-ring (bicyclic) bond motifs is 1. The monoisotopic (exact) mass is 458 g/mol. The van der Waals surface area contributed by atoms with E-state index in [0.29, 0.717) is 15.5 Å². The van der Waals surface area contributed by atoms with E-state index >= 15 is 0 Å². The molecule has 4 rings (SSSR count). The molecular weight excluding hydrogens is 440 g/mol. The number of ether oxygens (including phenoxy) is 4. The molecule has 31 heavy (non-hydrogen) atoms. The van der Waals surface area contributed by atoms with Crippen LogP contribution in [0.5, 0.6) is 0 Å². The van der Waals surface area contributed by atoms with Gasteiger partial charge in [-0.25, -0.2) is 0 Å². The quantitative estimate of drug-likeness (QED) is 0.360. The van der Waals surface area contributed by atoms with Crippen LogP contribution < -0.4 is 0 Å². The summed E-state index contributed by atoms with van der Waals surface area (Å²) in [6.45, 7) is 0.260. The molecule has 0 saturated carbocycles. The normalized spacial score (nSPS) is 30.0. The first kappa shape index (κ1) is 21.9. The molecule has 0 N–H and O–H groups in total. The lowest BCUT2D eigenvalue weighted by atomic mass is 9.96. The van der Waals surface area contributed by atoms with Gasteiger partial charge in [0, 0.05) is 27.5 Å². The minimum Gasteiger partial charge on any atom is -0.377 e. The molecule has 0 bridgehead atoms. The molecule has 0 aromatic heterocycles. The highest BCUT2D eigenvalue weighted by Gasteiger charge is 2.50. The Morgan fingerprint density at radius 1 is 1.26 bits per heavy atom. The Morgan fingerprint density at radius 3 is 2.77 bits per heavy atom. The van der Waals surface area contributed by atoms with E-state index in [9.17, 15) is 10.8 Å². The number of thioether (sulfide) groups is 1. The predicted octanol–water partition coefficient (Wildman–Crippen LogP) is 4.84. The number of rotatable bonds is 5. The molecule has 2 fully saturated rings. The van der Waals surface area contributed by atoms with E-state index in [4.69, 9.17) is 30.5 Å². The highest BCUT2D eigenvalue weighted by Crippen LogP contribution is 2.42. The SMILES string of the molecule is COC1C(N=[N+]=[N-])[C@H]2OC(c3ccccc3)OCC2O[C@@H]1Sc1cc(Cl)ccc1C#N. The van der Waals surface area contributed by atoms with Gasteiger partial charge in [0.1, 0.15) is 29.8 Å². The van der Waals surface area contributed by atoms with Crippen molar-refractivity contribution in [1.29, 1.82) is 5.26 Å². The summed E-state index contributed by atoms with van der Waals surface area (Å²) in [5.41, 5.74) is 9.98. The minimum atomic E-state index is -0.647. The summed E-state index contributed by atoms with van der Waals surface area (Å²) < 4.78 is 24.0. The highest BCUT2D eigenvalue weighted by atomic mass is 35.5. The van der Waals surface area contributed by atoms with Crippen LogP contribution in [0.15, 0.2) is 58.5 Å². The Balaban J connectivity index is 1.60. The fraction of sp³-hybridized carbons (Fsp3) is 0.381. The van der Waals surface area contributed by atoms with Gasteiger partial charge in [0.15, 0.2) is 6.29 Å². The fourth-order valence-corrected chi connectivity index (χ4v) is 5.22. The van der Waals surface area contributed by atoms with Crippen molar-refractivity contribution in [2.24, 2.45) is 5.11 Å². The fourth-order valence-electron chi connectivity index (χ4n) is 3.69. The van der Waals surface area contributed by atoms with Crippen LogP contribution in [0.3, 0.4) is 0 Å². The van der Waals surface area contributed by atoms with Crippen molar-refractivity contribution in [1.82, 2.24) is 0 Å². The van der Waals surface area contributed by atoms with Gasteiger partial charge in [-0.05, 0) is 23.7 Å². The first-order chi connectivity index (χ1) is 15.1. The van der Waals surface area contributed by atoms with Gasteiger partial charge in [0.25, 0.3) is 0 Å². The Hall–Kier alpha value is -2.28. The topological polar surface area (TPSA) is 109 Å². The molecule has 2 heterocycles. The highest BCUT2D eigenvalue weighted by molar-refractivity contribution is 7.99. The number of halogens is 1. The van der Waals surface area contributed by atoms with Crippen molar-refractivity contribution >= 4 is 23.4 Å². The zero-order valence-electron chi connectivity index (χ0n) is 16.5. The van der Waals surface area contributed by atoms with E-state index in [0.717, 1.165) is 5.56 Å². The van der Waals surface area contributed by atoms with Gasteiger partial charge in [0.05, 0.1) is 18.2 Å². The molecule has 0 spiro atoms. The lowest BCUT2D eigenvalue weighted by Crippen LogP contribution is -2.60. The number of hydrogen-bond acceptors (Lipinski definition) is 7. The summed E-state index contributed by atoms with van der Waals surface area (Å²) in [5, 5.41) is 13.9. The summed E-state index contributed by atoms with van der Waals surface area (Å²) in [6.07, 6.45) is -2.22. The molecule has 0 aliphatic carbocycles. The van der Waals surface area contributed by atoms with E-state index in [1.807, 2.05) is 30.3 Å². The van der Waals surface area contributed by atoms with E-state index in [1.54, 1.807) is 18.2 Å². The van der Waals surface area contributed by atoms with E-state index in [-0.39, 0.29) is 6.61 Å². The Kier molecular flexibility index (Phi) is 7.00. The van der Waals surface area contributed by atoms with E-state index in [2.05, 4.69) is 16.1 Å². The smallest absolute Gasteiger partial charge is 0.184 e. The van der Waals surface area contributed by atoms with Gasteiger partial charge < -0.3 is 18.9 Å². The predicted molar refractivity (Wildman–Crippen MR) is 114 cm³/mol. The third kappa shape index (κ3) is 4.66. The van der Waals surface area contributed by atoms with Gasteiger partial charge in [-0.1, -0.05) is 58.8 Å². The standard InChI is InChI=1S/C21H19ClN4O4S/c1-27-19-17(25-26-24)18-15(11-28-20(30-18)12-5-3-2-4-6-12)29-21(19)31-16-9-14(22)8-7-13(16)10-23/h2-9,15,17-21H,11H2,1H3/t15?,17?,18-,19?,20?,21+/m0/s1. The Labute approximate surface area is 188 Å². The van der Waals surface area contributed by atoms with Gasteiger partial charge in [0.2, 0.25) is 0 Å². The lowest BCUT2D eigenvalue weighted by Gasteiger charge is -2.47. The average molecular weight is 459 g/mol.